The fourth-order valence-corrected chi connectivity index (χ4v) is 1.36. The molecule has 0 saturated heterocycles. The predicted octanol–water partition coefficient (Wildman–Crippen LogP) is 0.662. The van der Waals surface area contributed by atoms with E-state index in [9.17, 15) is 14.0 Å². The summed E-state index contributed by atoms with van der Waals surface area (Å²) < 4.78 is 12.9. The Hall–Kier alpha value is -2.11. The molecule has 1 aromatic rings. The van der Waals surface area contributed by atoms with E-state index in [0.29, 0.717) is 6.54 Å². The molecule has 18 heavy (non-hydrogen) atoms. The number of nitrogens with one attached hydrogen (secondary N) is 2. The zero-order chi connectivity index (χ0) is 13.7. The fraction of sp³-hybridized carbons (Fsp3) is 0.333. The molecule has 1 rings (SSSR count). The third-order valence-corrected chi connectivity index (χ3v) is 2.35. The summed E-state index contributed by atoms with van der Waals surface area (Å²) in [5, 5.41) is 5.08. The van der Waals surface area contributed by atoms with Gasteiger partial charge in [0, 0.05) is 12.1 Å². The van der Waals surface area contributed by atoms with Gasteiger partial charge in [-0.2, -0.15) is 0 Å². The molecule has 0 aromatic heterocycles. The number of hydrogen-bond acceptors (Lipinski definition) is 3. The molecule has 5 nitrogen and oxygen atoms in total. The topological polar surface area (TPSA) is 84.2 Å². The van der Waals surface area contributed by atoms with Gasteiger partial charge in [0.05, 0.1) is 5.69 Å². The molecule has 2 amide bonds. The first-order valence-electron chi connectivity index (χ1n) is 5.59. The smallest absolute Gasteiger partial charge is 0.251 e. The normalized spacial score (nSPS) is 11.7. The summed E-state index contributed by atoms with van der Waals surface area (Å²) in [5.41, 5.74) is 5.47. The summed E-state index contributed by atoms with van der Waals surface area (Å²) >= 11 is 0. The lowest BCUT2D eigenvalue weighted by Crippen LogP contribution is -2.44. The van der Waals surface area contributed by atoms with Gasteiger partial charge in [0.2, 0.25) is 5.91 Å². The highest BCUT2D eigenvalue weighted by molar-refractivity contribution is 5.98. The van der Waals surface area contributed by atoms with E-state index in [-0.39, 0.29) is 17.2 Å². The second kappa shape index (κ2) is 6.00. The van der Waals surface area contributed by atoms with Crippen molar-refractivity contribution in [1.82, 2.24) is 10.6 Å². The molecule has 4 N–H and O–H groups in total. The van der Waals surface area contributed by atoms with Gasteiger partial charge < -0.3 is 16.4 Å². The fourth-order valence-electron chi connectivity index (χ4n) is 1.36. The largest absolute Gasteiger partial charge is 0.396 e. The summed E-state index contributed by atoms with van der Waals surface area (Å²) in [5.74, 6) is -1.33. The van der Waals surface area contributed by atoms with Crippen LogP contribution in [0.3, 0.4) is 0 Å². The van der Waals surface area contributed by atoms with Gasteiger partial charge in [-0.1, -0.05) is 0 Å². The number of nitrogens with two attached hydrogens (primary N) is 1. The Morgan fingerprint density at radius 1 is 1.44 bits per heavy atom. The minimum atomic E-state index is -0.663. The molecular formula is C12H16FN3O2. The summed E-state index contributed by atoms with van der Waals surface area (Å²) in [6.45, 7) is 3.84. The van der Waals surface area contributed by atoms with E-state index < -0.39 is 17.8 Å². The molecule has 0 saturated carbocycles. The zero-order valence-electron chi connectivity index (χ0n) is 10.3. The maximum absolute atomic E-state index is 12.9. The second-order valence-corrected chi connectivity index (χ2v) is 3.83. The quantitative estimate of drug-likeness (QED) is 0.689. The van der Waals surface area contributed by atoms with Gasteiger partial charge in [-0.25, -0.2) is 4.39 Å². The first-order valence-corrected chi connectivity index (χ1v) is 5.59. The average molecular weight is 253 g/mol. The molecule has 0 aliphatic carbocycles. The molecule has 1 unspecified atom stereocenters. The van der Waals surface area contributed by atoms with Gasteiger partial charge in [-0.05, 0) is 32.0 Å². The van der Waals surface area contributed by atoms with E-state index in [4.69, 9.17) is 5.73 Å². The van der Waals surface area contributed by atoms with E-state index in [1.54, 1.807) is 13.8 Å². The highest BCUT2D eigenvalue weighted by Gasteiger charge is 2.16. The zero-order valence-corrected chi connectivity index (χ0v) is 10.3. The van der Waals surface area contributed by atoms with E-state index in [1.165, 1.54) is 12.1 Å². The van der Waals surface area contributed by atoms with E-state index in [2.05, 4.69) is 10.6 Å². The van der Waals surface area contributed by atoms with Crippen LogP contribution in [-0.4, -0.2) is 24.4 Å². The molecule has 6 heteroatoms. The van der Waals surface area contributed by atoms with E-state index >= 15 is 0 Å². The Kier molecular flexibility index (Phi) is 4.65. The van der Waals surface area contributed by atoms with Crippen LogP contribution in [0.5, 0.6) is 0 Å². The third kappa shape index (κ3) is 3.44. The maximum atomic E-state index is 12.9. The maximum Gasteiger partial charge on any atom is 0.251 e. The summed E-state index contributed by atoms with van der Waals surface area (Å²) in [7, 11) is 0. The van der Waals surface area contributed by atoms with Crippen LogP contribution in [0.2, 0.25) is 0 Å². The average Bonchev–Trinajstić information content (AvgIpc) is 2.32. The van der Waals surface area contributed by atoms with E-state index in [1.807, 2.05) is 0 Å². The first-order chi connectivity index (χ1) is 8.45. The van der Waals surface area contributed by atoms with Crippen molar-refractivity contribution in [3.05, 3.63) is 29.6 Å². The van der Waals surface area contributed by atoms with Crippen molar-refractivity contribution in [3.63, 3.8) is 0 Å². The van der Waals surface area contributed by atoms with Crippen molar-refractivity contribution in [3.8, 4) is 0 Å². The number of amides is 2. The molecule has 1 atom stereocenters. The van der Waals surface area contributed by atoms with Gasteiger partial charge in [-0.15, -0.1) is 0 Å². The summed E-state index contributed by atoms with van der Waals surface area (Å²) in [6, 6.07) is 2.99. The van der Waals surface area contributed by atoms with Crippen molar-refractivity contribution in [2.75, 3.05) is 12.3 Å². The lowest BCUT2D eigenvalue weighted by Gasteiger charge is -2.13. The minimum absolute atomic E-state index is 0.103. The first kappa shape index (κ1) is 14.0. The number of halogens is 1. The lowest BCUT2D eigenvalue weighted by atomic mass is 10.1. The third-order valence-electron chi connectivity index (χ3n) is 2.35. The van der Waals surface area contributed by atoms with Crippen LogP contribution in [0.25, 0.3) is 0 Å². The predicted molar refractivity (Wildman–Crippen MR) is 66.4 cm³/mol. The van der Waals surface area contributed by atoms with Crippen LogP contribution in [0.4, 0.5) is 10.1 Å². The Bertz CT molecular complexity index is 463. The summed E-state index contributed by atoms with van der Waals surface area (Å²) in [4.78, 5) is 23.2. The Labute approximate surface area is 105 Å². The van der Waals surface area contributed by atoms with Crippen LogP contribution >= 0.6 is 0 Å². The molecule has 0 aliphatic rings. The van der Waals surface area contributed by atoms with Gasteiger partial charge in [-0.3, -0.25) is 9.59 Å². The number of carbonyl (C=O) groups is 2. The Morgan fingerprint density at radius 2 is 2.11 bits per heavy atom. The van der Waals surface area contributed by atoms with Crippen molar-refractivity contribution >= 4 is 17.5 Å². The van der Waals surface area contributed by atoms with E-state index in [0.717, 1.165) is 6.07 Å². The number of likely N-dealkylation sites (N-methyl/N-ethyl adjacent to an activating group) is 1. The number of rotatable bonds is 4. The summed E-state index contributed by atoms with van der Waals surface area (Å²) in [6.07, 6.45) is 0. The Balaban J connectivity index is 2.70. The lowest BCUT2D eigenvalue weighted by molar-refractivity contribution is -0.122. The molecule has 1 aromatic carbocycles. The highest BCUT2D eigenvalue weighted by atomic mass is 19.1. The van der Waals surface area contributed by atoms with Crippen molar-refractivity contribution in [1.29, 1.82) is 0 Å². The number of benzene rings is 1. The number of carbonyl (C=O) groups excluding carboxylic acids is 2. The molecule has 0 aliphatic heterocycles. The standard InChI is InChI=1S/C12H16FN3O2/c1-3-15-11(17)7(2)16-12(18)8-4-5-9(13)10(14)6-8/h4-7H,3,14H2,1-2H3,(H,15,17)(H,16,18). The highest BCUT2D eigenvalue weighted by Crippen LogP contribution is 2.12. The van der Waals surface area contributed by atoms with Crippen molar-refractivity contribution in [2.24, 2.45) is 0 Å². The van der Waals surface area contributed by atoms with Crippen LogP contribution < -0.4 is 16.4 Å². The SMILES string of the molecule is CCNC(=O)C(C)NC(=O)c1ccc(F)c(N)c1. The number of anilines is 1. The molecule has 0 spiro atoms. The minimum Gasteiger partial charge on any atom is -0.396 e. The van der Waals surface area contributed by atoms with Crippen LogP contribution in [0, 0.1) is 5.82 Å². The monoisotopic (exact) mass is 253 g/mol. The van der Waals surface area contributed by atoms with Gasteiger partial charge in [0.25, 0.3) is 5.91 Å². The molecule has 0 heterocycles. The van der Waals surface area contributed by atoms with Crippen molar-refractivity contribution < 1.29 is 14.0 Å². The number of nitrogen functional groups attached to an aromatic ring is 1. The Morgan fingerprint density at radius 3 is 2.67 bits per heavy atom. The molecule has 0 radical (unpaired) electrons. The van der Waals surface area contributed by atoms with Crippen LogP contribution in [-0.2, 0) is 4.79 Å². The molecule has 0 bridgehead atoms. The van der Waals surface area contributed by atoms with Crippen molar-refractivity contribution in [2.45, 2.75) is 19.9 Å². The molecular weight excluding hydrogens is 237 g/mol. The molecule has 98 valence electrons. The van der Waals surface area contributed by atoms with Gasteiger partial charge in [0.15, 0.2) is 0 Å². The molecule has 0 fully saturated rings. The number of hydrogen-bond donors (Lipinski definition) is 3. The van der Waals surface area contributed by atoms with Gasteiger partial charge in [0.1, 0.15) is 11.9 Å². The van der Waals surface area contributed by atoms with Crippen LogP contribution in [0.1, 0.15) is 24.2 Å². The van der Waals surface area contributed by atoms with Crippen LogP contribution in [0.15, 0.2) is 18.2 Å². The second-order valence-electron chi connectivity index (χ2n) is 3.83. The van der Waals surface area contributed by atoms with Gasteiger partial charge >= 0.3 is 0 Å².